The largest absolute Gasteiger partial charge is 0.462 e. The van der Waals surface area contributed by atoms with Gasteiger partial charge in [-0.15, -0.1) is 0 Å². The van der Waals surface area contributed by atoms with Crippen LogP contribution in [0.2, 0.25) is 0 Å². The molecule has 0 radical (unpaired) electrons. The first-order chi connectivity index (χ1) is 12.8. The van der Waals surface area contributed by atoms with Crippen LogP contribution >= 0.6 is 0 Å². The lowest BCUT2D eigenvalue weighted by Gasteiger charge is -2.03. The van der Waals surface area contributed by atoms with Crippen molar-refractivity contribution in [2.75, 3.05) is 13.2 Å². The Morgan fingerprint density at radius 3 is 2.52 bits per heavy atom. The molecule has 1 aromatic carbocycles. The van der Waals surface area contributed by atoms with Crippen LogP contribution in [0.15, 0.2) is 30.3 Å². The van der Waals surface area contributed by atoms with E-state index in [1.54, 1.807) is 26.8 Å². The Labute approximate surface area is 156 Å². The highest BCUT2D eigenvalue weighted by atomic mass is 19.1. The molecule has 1 aromatic heterocycles. The van der Waals surface area contributed by atoms with Gasteiger partial charge in [-0.3, -0.25) is 4.79 Å². The average Bonchev–Trinajstić information content (AvgIpc) is 2.93. The number of carbonyl (C=O) groups excluding carboxylic acids is 3. The van der Waals surface area contributed by atoms with Crippen LogP contribution in [0.4, 0.5) is 4.39 Å². The summed E-state index contributed by atoms with van der Waals surface area (Å²) in [6.45, 7) is 4.67. The van der Waals surface area contributed by atoms with Gasteiger partial charge >= 0.3 is 11.9 Å². The number of hydrogen-bond acceptors (Lipinski definition) is 5. The molecule has 27 heavy (non-hydrogen) atoms. The van der Waals surface area contributed by atoms with Crippen molar-refractivity contribution < 1.29 is 28.2 Å². The summed E-state index contributed by atoms with van der Waals surface area (Å²) >= 11 is 0. The molecule has 0 atom stereocenters. The van der Waals surface area contributed by atoms with Gasteiger partial charge in [0.15, 0.2) is 6.61 Å². The Kier molecular flexibility index (Phi) is 6.65. The summed E-state index contributed by atoms with van der Waals surface area (Å²) in [6, 6.07) is 5.95. The van der Waals surface area contributed by atoms with Crippen molar-refractivity contribution in [2.24, 2.45) is 0 Å². The molecule has 7 heteroatoms. The van der Waals surface area contributed by atoms with E-state index in [2.05, 4.69) is 4.98 Å². The molecule has 1 heterocycles. The number of aryl methyl sites for hydroxylation is 1. The second-order valence-corrected chi connectivity index (χ2v) is 5.73. The lowest BCUT2D eigenvalue weighted by molar-refractivity contribution is -0.136. The second-order valence-electron chi connectivity index (χ2n) is 5.73. The highest BCUT2D eigenvalue weighted by Gasteiger charge is 2.23. The Morgan fingerprint density at radius 2 is 1.85 bits per heavy atom. The Morgan fingerprint density at radius 1 is 1.15 bits per heavy atom. The maximum Gasteiger partial charge on any atom is 0.340 e. The third-order valence-electron chi connectivity index (χ3n) is 3.85. The van der Waals surface area contributed by atoms with Gasteiger partial charge in [-0.25, -0.2) is 14.0 Å². The molecule has 0 fully saturated rings. The summed E-state index contributed by atoms with van der Waals surface area (Å²) in [7, 11) is 0. The van der Waals surface area contributed by atoms with E-state index in [-0.39, 0.29) is 17.9 Å². The van der Waals surface area contributed by atoms with E-state index in [4.69, 9.17) is 9.47 Å². The highest BCUT2D eigenvalue weighted by Crippen LogP contribution is 2.19. The lowest BCUT2D eigenvalue weighted by atomic mass is 10.1. The van der Waals surface area contributed by atoms with E-state index in [1.165, 1.54) is 24.3 Å². The normalized spacial score (nSPS) is 10.8. The Bertz CT molecular complexity index is 898. The fourth-order valence-corrected chi connectivity index (χ4v) is 2.56. The molecule has 142 valence electrons. The van der Waals surface area contributed by atoms with Crippen molar-refractivity contribution >= 4 is 23.8 Å². The summed E-state index contributed by atoms with van der Waals surface area (Å²) in [5, 5.41) is 0. The number of ether oxygens (including phenoxy) is 2. The van der Waals surface area contributed by atoms with Crippen LogP contribution in [0.5, 0.6) is 0 Å². The number of esters is 2. The lowest BCUT2D eigenvalue weighted by Crippen LogP contribution is -2.14. The number of hydrogen-bond donors (Lipinski definition) is 1. The number of Topliss-reactive ketones (excluding diaryl/α,β-unsaturated/α-hetero) is 1. The molecule has 0 spiro atoms. The van der Waals surface area contributed by atoms with Crippen LogP contribution in [-0.4, -0.2) is 35.9 Å². The number of halogens is 1. The van der Waals surface area contributed by atoms with Crippen LogP contribution in [0.3, 0.4) is 0 Å². The molecular formula is C20H20FNO5. The van der Waals surface area contributed by atoms with Crippen molar-refractivity contribution in [2.45, 2.75) is 20.8 Å². The van der Waals surface area contributed by atoms with Crippen molar-refractivity contribution in [3.63, 3.8) is 0 Å². The van der Waals surface area contributed by atoms with Gasteiger partial charge in [0, 0.05) is 17.3 Å². The van der Waals surface area contributed by atoms with E-state index in [1.807, 2.05) is 0 Å². The molecule has 0 amide bonds. The highest BCUT2D eigenvalue weighted by molar-refractivity contribution is 6.03. The van der Waals surface area contributed by atoms with Gasteiger partial charge in [-0.1, -0.05) is 18.2 Å². The van der Waals surface area contributed by atoms with Gasteiger partial charge in [0.1, 0.15) is 5.82 Å². The maximum atomic E-state index is 13.5. The third-order valence-corrected chi connectivity index (χ3v) is 3.85. The third kappa shape index (κ3) is 4.91. The number of aromatic nitrogens is 1. The molecular weight excluding hydrogens is 353 g/mol. The number of nitrogens with one attached hydrogen (secondary N) is 1. The summed E-state index contributed by atoms with van der Waals surface area (Å²) in [4.78, 5) is 38.8. The number of H-pyrrole nitrogens is 1. The zero-order chi connectivity index (χ0) is 20.0. The van der Waals surface area contributed by atoms with E-state index < -0.39 is 30.1 Å². The fraction of sp³-hybridized carbons (Fsp3) is 0.250. The number of ketones is 1. The second kappa shape index (κ2) is 8.93. The monoisotopic (exact) mass is 373 g/mol. The fourth-order valence-electron chi connectivity index (χ4n) is 2.56. The first-order valence-corrected chi connectivity index (χ1v) is 8.34. The Balaban J connectivity index is 2.02. The topological polar surface area (TPSA) is 85.5 Å². The molecule has 1 N–H and O–H groups in total. The van der Waals surface area contributed by atoms with Gasteiger partial charge in [0.2, 0.25) is 5.78 Å². The standard InChI is InChI=1S/C20H20FNO5/c1-4-26-20(25)18-12(2)19(22-13(18)3)16(23)11-27-17(24)10-9-14-7-5-6-8-15(14)21/h5-10,22H,4,11H2,1-3H3/b10-9+. The molecule has 2 aromatic rings. The number of aromatic amines is 1. The van der Waals surface area contributed by atoms with Gasteiger partial charge in [0.25, 0.3) is 0 Å². The van der Waals surface area contributed by atoms with Gasteiger partial charge < -0.3 is 14.5 Å². The summed E-state index contributed by atoms with van der Waals surface area (Å²) in [5.41, 5.74) is 1.65. The number of carbonyl (C=O) groups is 3. The van der Waals surface area contributed by atoms with Crippen LogP contribution in [0, 0.1) is 19.7 Å². The van der Waals surface area contributed by atoms with Crippen molar-refractivity contribution in [1.82, 2.24) is 4.98 Å². The molecule has 0 aliphatic rings. The molecule has 0 bridgehead atoms. The van der Waals surface area contributed by atoms with Gasteiger partial charge in [0.05, 0.1) is 17.9 Å². The predicted molar refractivity (Wildman–Crippen MR) is 96.9 cm³/mol. The van der Waals surface area contributed by atoms with E-state index in [0.717, 1.165) is 6.08 Å². The Hall–Kier alpha value is -3.22. The minimum atomic E-state index is -0.779. The zero-order valence-electron chi connectivity index (χ0n) is 15.3. The van der Waals surface area contributed by atoms with Crippen LogP contribution < -0.4 is 0 Å². The number of benzene rings is 1. The van der Waals surface area contributed by atoms with Gasteiger partial charge in [-0.05, 0) is 38.5 Å². The van der Waals surface area contributed by atoms with E-state index in [9.17, 15) is 18.8 Å². The molecule has 6 nitrogen and oxygen atoms in total. The van der Waals surface area contributed by atoms with Crippen LogP contribution in [0.1, 0.15) is 44.6 Å². The van der Waals surface area contributed by atoms with Crippen LogP contribution in [-0.2, 0) is 14.3 Å². The molecule has 0 aliphatic carbocycles. The average molecular weight is 373 g/mol. The smallest absolute Gasteiger partial charge is 0.340 e. The first kappa shape index (κ1) is 20.1. The van der Waals surface area contributed by atoms with Crippen molar-refractivity contribution in [3.05, 3.63) is 64.2 Å². The first-order valence-electron chi connectivity index (χ1n) is 8.34. The molecule has 0 aliphatic heterocycles. The van der Waals surface area contributed by atoms with Gasteiger partial charge in [-0.2, -0.15) is 0 Å². The minimum absolute atomic E-state index is 0.182. The SMILES string of the molecule is CCOC(=O)c1c(C)[nH]c(C(=O)COC(=O)/C=C/c2ccccc2F)c1C. The summed E-state index contributed by atoms with van der Waals surface area (Å²) in [5.74, 6) is -2.26. The summed E-state index contributed by atoms with van der Waals surface area (Å²) < 4.78 is 23.3. The number of rotatable bonds is 7. The van der Waals surface area contributed by atoms with Crippen molar-refractivity contribution in [3.8, 4) is 0 Å². The molecule has 0 saturated heterocycles. The molecule has 0 saturated carbocycles. The predicted octanol–water partition coefficient (Wildman–Crippen LogP) is 3.39. The maximum absolute atomic E-state index is 13.5. The summed E-state index contributed by atoms with van der Waals surface area (Å²) in [6.07, 6.45) is 2.31. The zero-order valence-corrected chi connectivity index (χ0v) is 15.3. The van der Waals surface area contributed by atoms with E-state index in [0.29, 0.717) is 16.8 Å². The minimum Gasteiger partial charge on any atom is -0.462 e. The molecule has 0 unspecified atom stereocenters. The van der Waals surface area contributed by atoms with Crippen LogP contribution in [0.25, 0.3) is 6.08 Å². The van der Waals surface area contributed by atoms with Crippen molar-refractivity contribution in [1.29, 1.82) is 0 Å². The van der Waals surface area contributed by atoms with E-state index >= 15 is 0 Å². The molecule has 2 rings (SSSR count). The quantitative estimate of drug-likeness (QED) is 0.457.